The first kappa shape index (κ1) is 14.5. The molecular formula is C15H24O4. The van der Waals surface area contributed by atoms with Crippen LogP contribution < -0.4 is 0 Å². The third kappa shape index (κ3) is 3.80. The molecule has 2 atom stereocenters. The smallest absolute Gasteiger partial charge is 0.330 e. The molecule has 1 aliphatic heterocycles. The highest BCUT2D eigenvalue weighted by atomic mass is 16.8. The highest BCUT2D eigenvalue weighted by Crippen LogP contribution is 2.39. The summed E-state index contributed by atoms with van der Waals surface area (Å²) in [5.74, 6) is -0.340. The second-order valence-corrected chi connectivity index (χ2v) is 5.53. The average Bonchev–Trinajstić information content (AvgIpc) is 2.81. The number of allylic oxidation sites excluding steroid dienone is 1. The van der Waals surface area contributed by atoms with Crippen molar-refractivity contribution in [3.05, 3.63) is 12.2 Å². The van der Waals surface area contributed by atoms with Gasteiger partial charge in [-0.15, -0.1) is 0 Å². The Hall–Kier alpha value is -0.870. The fraction of sp³-hybridized carbons (Fsp3) is 0.800. The average molecular weight is 268 g/mol. The molecule has 2 unspecified atom stereocenters. The van der Waals surface area contributed by atoms with Gasteiger partial charge < -0.3 is 14.2 Å². The maximum absolute atomic E-state index is 11.3. The Labute approximate surface area is 115 Å². The summed E-state index contributed by atoms with van der Waals surface area (Å²) in [6.07, 6.45) is 9.11. The maximum atomic E-state index is 11.3. The summed E-state index contributed by atoms with van der Waals surface area (Å²) in [5, 5.41) is 0. The van der Waals surface area contributed by atoms with Crippen LogP contribution in [0.2, 0.25) is 0 Å². The molecule has 0 bridgehead atoms. The van der Waals surface area contributed by atoms with E-state index in [1.807, 2.05) is 6.92 Å². The normalized spacial score (nSPS) is 32.8. The number of esters is 1. The third-order valence-corrected chi connectivity index (χ3v) is 4.02. The van der Waals surface area contributed by atoms with Gasteiger partial charge in [-0.3, -0.25) is 0 Å². The van der Waals surface area contributed by atoms with Gasteiger partial charge in [0.25, 0.3) is 0 Å². The fourth-order valence-corrected chi connectivity index (χ4v) is 2.94. The van der Waals surface area contributed by atoms with Crippen LogP contribution in [-0.4, -0.2) is 31.1 Å². The molecular weight excluding hydrogens is 244 g/mol. The molecule has 1 heterocycles. The Morgan fingerprint density at radius 2 is 2.11 bits per heavy atom. The molecule has 19 heavy (non-hydrogen) atoms. The van der Waals surface area contributed by atoms with Gasteiger partial charge in [0.2, 0.25) is 0 Å². The molecule has 1 saturated carbocycles. The zero-order chi connectivity index (χ0) is 13.7. The highest BCUT2D eigenvalue weighted by molar-refractivity contribution is 5.81. The minimum atomic E-state index is -0.488. The number of carbonyl (C=O) groups is 1. The van der Waals surface area contributed by atoms with E-state index in [0.717, 1.165) is 0 Å². The molecule has 108 valence electrons. The second-order valence-electron chi connectivity index (χ2n) is 5.53. The van der Waals surface area contributed by atoms with E-state index in [1.165, 1.54) is 38.2 Å². The number of carbonyl (C=O) groups excluding carboxylic acids is 1. The van der Waals surface area contributed by atoms with E-state index in [0.29, 0.717) is 12.5 Å². The molecule has 0 aromatic heterocycles. The summed E-state index contributed by atoms with van der Waals surface area (Å²) in [4.78, 5) is 11.3. The molecule has 4 nitrogen and oxygen atoms in total. The van der Waals surface area contributed by atoms with Crippen LogP contribution in [0, 0.1) is 5.92 Å². The van der Waals surface area contributed by atoms with E-state index in [9.17, 15) is 4.79 Å². The van der Waals surface area contributed by atoms with Crippen LogP contribution in [0.1, 0.15) is 46.0 Å². The molecule has 2 aliphatic rings. The quantitative estimate of drug-likeness (QED) is 0.581. The van der Waals surface area contributed by atoms with Crippen molar-refractivity contribution in [2.75, 3.05) is 13.2 Å². The van der Waals surface area contributed by atoms with Crippen molar-refractivity contribution >= 4 is 5.97 Å². The van der Waals surface area contributed by atoms with Gasteiger partial charge >= 0.3 is 5.97 Å². The van der Waals surface area contributed by atoms with Crippen molar-refractivity contribution in [1.82, 2.24) is 0 Å². The zero-order valence-corrected chi connectivity index (χ0v) is 11.9. The predicted molar refractivity (Wildman–Crippen MR) is 71.6 cm³/mol. The second kappa shape index (κ2) is 6.53. The molecule has 0 amide bonds. The van der Waals surface area contributed by atoms with Crippen molar-refractivity contribution in [3.63, 3.8) is 0 Å². The zero-order valence-electron chi connectivity index (χ0n) is 11.9. The highest BCUT2D eigenvalue weighted by Gasteiger charge is 2.44. The molecule has 2 fully saturated rings. The van der Waals surface area contributed by atoms with E-state index in [4.69, 9.17) is 14.2 Å². The summed E-state index contributed by atoms with van der Waals surface area (Å²) in [6, 6.07) is 0. The minimum Gasteiger partial charge on any atom is -0.460 e. The molecule has 0 spiro atoms. The molecule has 0 N–H and O–H groups in total. The van der Waals surface area contributed by atoms with Gasteiger partial charge in [0, 0.05) is 12.0 Å². The van der Waals surface area contributed by atoms with Gasteiger partial charge in [0.05, 0.1) is 6.61 Å². The van der Waals surface area contributed by atoms with Gasteiger partial charge in [-0.05, 0) is 26.7 Å². The van der Waals surface area contributed by atoms with Crippen molar-refractivity contribution in [1.29, 1.82) is 0 Å². The Morgan fingerprint density at radius 3 is 2.79 bits per heavy atom. The minimum absolute atomic E-state index is 0.138. The van der Waals surface area contributed by atoms with E-state index < -0.39 is 5.79 Å². The van der Waals surface area contributed by atoms with Gasteiger partial charge in [-0.2, -0.15) is 0 Å². The molecule has 4 heteroatoms. The van der Waals surface area contributed by atoms with E-state index in [1.54, 1.807) is 13.0 Å². The number of hydrogen-bond donors (Lipinski definition) is 0. The standard InChI is InChI=1S/C15H24O4/c1-3-7-14(16)17-10-13-11-18-15(2,19-13)12-8-5-4-6-9-12/h3,7,12-13H,4-6,8-11H2,1-2H3. The number of hydrogen-bond acceptors (Lipinski definition) is 4. The number of rotatable bonds is 4. The molecule has 0 aromatic carbocycles. The Kier molecular flexibility index (Phi) is 4.99. The predicted octanol–water partition coefficient (Wildman–Crippen LogP) is 2.82. The molecule has 0 radical (unpaired) electrons. The first-order valence-corrected chi connectivity index (χ1v) is 7.25. The maximum Gasteiger partial charge on any atom is 0.330 e. The molecule has 1 aliphatic carbocycles. The van der Waals surface area contributed by atoms with Crippen LogP contribution in [0.3, 0.4) is 0 Å². The van der Waals surface area contributed by atoms with Crippen LogP contribution in [0.5, 0.6) is 0 Å². The Balaban J connectivity index is 1.79. The fourth-order valence-electron chi connectivity index (χ4n) is 2.94. The Morgan fingerprint density at radius 1 is 1.37 bits per heavy atom. The lowest BCUT2D eigenvalue weighted by molar-refractivity contribution is -0.201. The first-order chi connectivity index (χ1) is 9.14. The monoisotopic (exact) mass is 268 g/mol. The van der Waals surface area contributed by atoms with Crippen molar-refractivity contribution < 1.29 is 19.0 Å². The summed E-state index contributed by atoms with van der Waals surface area (Å²) >= 11 is 0. The van der Waals surface area contributed by atoms with Gasteiger partial charge in [-0.25, -0.2) is 4.79 Å². The molecule has 2 rings (SSSR count). The first-order valence-electron chi connectivity index (χ1n) is 7.25. The van der Waals surface area contributed by atoms with Crippen LogP contribution in [-0.2, 0) is 19.0 Å². The lowest BCUT2D eigenvalue weighted by Crippen LogP contribution is -2.38. The van der Waals surface area contributed by atoms with Crippen LogP contribution in [0.25, 0.3) is 0 Å². The summed E-state index contributed by atoms with van der Waals surface area (Å²) < 4.78 is 17.0. The molecule has 0 aromatic rings. The largest absolute Gasteiger partial charge is 0.460 e. The van der Waals surface area contributed by atoms with Crippen molar-refractivity contribution in [2.45, 2.75) is 57.8 Å². The van der Waals surface area contributed by atoms with Gasteiger partial charge in [0.15, 0.2) is 5.79 Å². The van der Waals surface area contributed by atoms with Crippen LogP contribution in [0.15, 0.2) is 12.2 Å². The van der Waals surface area contributed by atoms with Gasteiger partial charge in [0.1, 0.15) is 12.7 Å². The van der Waals surface area contributed by atoms with Crippen molar-refractivity contribution in [3.8, 4) is 0 Å². The summed E-state index contributed by atoms with van der Waals surface area (Å²) in [7, 11) is 0. The van der Waals surface area contributed by atoms with Crippen molar-refractivity contribution in [2.24, 2.45) is 5.92 Å². The SMILES string of the molecule is CC=CC(=O)OCC1COC(C)(C2CCCCC2)O1. The Bertz CT molecular complexity index is 333. The van der Waals surface area contributed by atoms with Crippen LogP contribution >= 0.6 is 0 Å². The van der Waals surface area contributed by atoms with E-state index in [2.05, 4.69) is 0 Å². The lowest BCUT2D eigenvalue weighted by atomic mass is 9.84. The van der Waals surface area contributed by atoms with Crippen LogP contribution in [0.4, 0.5) is 0 Å². The summed E-state index contributed by atoms with van der Waals surface area (Å²) in [5.41, 5.74) is 0. The topological polar surface area (TPSA) is 44.8 Å². The number of ether oxygens (including phenoxy) is 3. The molecule has 1 saturated heterocycles. The van der Waals surface area contributed by atoms with E-state index in [-0.39, 0.29) is 18.7 Å². The van der Waals surface area contributed by atoms with E-state index >= 15 is 0 Å². The van der Waals surface area contributed by atoms with Gasteiger partial charge in [-0.1, -0.05) is 25.3 Å². The lowest BCUT2D eigenvalue weighted by Gasteiger charge is -2.35. The third-order valence-electron chi connectivity index (χ3n) is 4.02. The summed E-state index contributed by atoms with van der Waals surface area (Å²) in [6.45, 7) is 4.59.